The predicted octanol–water partition coefficient (Wildman–Crippen LogP) is 2.93. The van der Waals surface area contributed by atoms with E-state index in [0.29, 0.717) is 11.0 Å². The SMILES string of the molecule is COc1ccccc1-c1nnc(SCC(=O)NC2(C#N)CCCCC2)n1C. The first kappa shape index (κ1) is 19.2. The van der Waals surface area contributed by atoms with Gasteiger partial charge in [0.05, 0.1) is 24.5 Å². The van der Waals surface area contributed by atoms with E-state index in [9.17, 15) is 10.1 Å². The van der Waals surface area contributed by atoms with Crippen molar-refractivity contribution in [3.05, 3.63) is 24.3 Å². The van der Waals surface area contributed by atoms with E-state index in [-0.39, 0.29) is 11.7 Å². The fraction of sp³-hybridized carbons (Fsp3) is 0.474. The summed E-state index contributed by atoms with van der Waals surface area (Å²) in [6.07, 6.45) is 4.53. The number of amides is 1. The van der Waals surface area contributed by atoms with Gasteiger partial charge in [0.15, 0.2) is 11.0 Å². The number of methoxy groups -OCH3 is 1. The number of rotatable bonds is 6. The number of nitrogens with zero attached hydrogens (tertiary/aromatic N) is 4. The smallest absolute Gasteiger partial charge is 0.231 e. The highest BCUT2D eigenvalue weighted by molar-refractivity contribution is 7.99. The van der Waals surface area contributed by atoms with E-state index >= 15 is 0 Å². The lowest BCUT2D eigenvalue weighted by molar-refractivity contribution is -0.120. The van der Waals surface area contributed by atoms with Crippen LogP contribution < -0.4 is 10.1 Å². The Labute approximate surface area is 163 Å². The minimum atomic E-state index is -0.710. The van der Waals surface area contributed by atoms with Crippen molar-refractivity contribution in [2.24, 2.45) is 7.05 Å². The number of carbonyl (C=O) groups excluding carboxylic acids is 1. The van der Waals surface area contributed by atoms with E-state index < -0.39 is 5.54 Å². The van der Waals surface area contributed by atoms with Crippen molar-refractivity contribution in [1.82, 2.24) is 20.1 Å². The van der Waals surface area contributed by atoms with Gasteiger partial charge in [-0.15, -0.1) is 10.2 Å². The lowest BCUT2D eigenvalue weighted by atomic mass is 9.83. The van der Waals surface area contributed by atoms with E-state index in [0.717, 1.165) is 43.4 Å². The summed E-state index contributed by atoms with van der Waals surface area (Å²) in [7, 11) is 3.48. The molecular weight excluding hydrogens is 362 g/mol. The molecule has 0 saturated heterocycles. The first-order valence-electron chi connectivity index (χ1n) is 8.96. The number of ether oxygens (including phenoxy) is 1. The van der Waals surface area contributed by atoms with Gasteiger partial charge in [-0.1, -0.05) is 43.2 Å². The van der Waals surface area contributed by atoms with Crippen molar-refractivity contribution in [1.29, 1.82) is 5.26 Å². The summed E-state index contributed by atoms with van der Waals surface area (Å²) in [5, 5.41) is 21.5. The maximum absolute atomic E-state index is 12.4. The van der Waals surface area contributed by atoms with Gasteiger partial charge in [-0.2, -0.15) is 5.26 Å². The highest BCUT2D eigenvalue weighted by Crippen LogP contribution is 2.30. The highest BCUT2D eigenvalue weighted by Gasteiger charge is 2.33. The van der Waals surface area contributed by atoms with E-state index in [1.807, 2.05) is 35.9 Å². The molecule has 0 spiro atoms. The van der Waals surface area contributed by atoms with Gasteiger partial charge in [-0.3, -0.25) is 4.79 Å². The third-order valence-corrected chi connectivity index (χ3v) is 5.84. The molecule has 1 aliphatic rings. The number of hydrogen-bond acceptors (Lipinski definition) is 6. The fourth-order valence-corrected chi connectivity index (χ4v) is 4.07. The Balaban J connectivity index is 1.66. The van der Waals surface area contributed by atoms with Gasteiger partial charge in [0.25, 0.3) is 0 Å². The summed E-state index contributed by atoms with van der Waals surface area (Å²) in [4.78, 5) is 12.4. The van der Waals surface area contributed by atoms with E-state index in [1.54, 1.807) is 7.11 Å². The molecule has 1 saturated carbocycles. The van der Waals surface area contributed by atoms with Crippen molar-refractivity contribution >= 4 is 17.7 Å². The first-order valence-corrected chi connectivity index (χ1v) is 9.95. The number of carbonyl (C=O) groups is 1. The van der Waals surface area contributed by atoms with Crippen molar-refractivity contribution < 1.29 is 9.53 Å². The van der Waals surface area contributed by atoms with Gasteiger partial charge < -0.3 is 14.6 Å². The normalized spacial score (nSPS) is 15.7. The van der Waals surface area contributed by atoms with Crippen LogP contribution in [0.15, 0.2) is 29.4 Å². The van der Waals surface area contributed by atoms with Crippen molar-refractivity contribution in [3.8, 4) is 23.2 Å². The van der Waals surface area contributed by atoms with Crippen LogP contribution in [-0.4, -0.2) is 39.1 Å². The van der Waals surface area contributed by atoms with Crippen LogP contribution in [0.3, 0.4) is 0 Å². The zero-order valence-corrected chi connectivity index (χ0v) is 16.4. The minimum Gasteiger partial charge on any atom is -0.496 e. The minimum absolute atomic E-state index is 0.148. The van der Waals surface area contributed by atoms with Crippen molar-refractivity contribution in [2.75, 3.05) is 12.9 Å². The summed E-state index contributed by atoms with van der Waals surface area (Å²) in [6.45, 7) is 0. The maximum Gasteiger partial charge on any atom is 0.231 e. The number of para-hydroxylation sites is 1. The molecule has 0 bridgehead atoms. The Morgan fingerprint density at radius 3 is 2.78 bits per heavy atom. The molecule has 1 fully saturated rings. The van der Waals surface area contributed by atoms with Crippen molar-refractivity contribution in [2.45, 2.75) is 42.8 Å². The standard InChI is InChI=1S/C19H23N5O2S/c1-24-17(14-8-4-5-9-15(14)26-2)22-23-18(24)27-12-16(25)21-19(13-20)10-6-3-7-11-19/h4-5,8-9H,3,6-7,10-12H2,1-2H3,(H,21,25). The summed E-state index contributed by atoms with van der Waals surface area (Å²) in [5.74, 6) is 1.44. The molecule has 0 radical (unpaired) electrons. The van der Waals surface area contributed by atoms with Crippen LogP contribution in [0.25, 0.3) is 11.4 Å². The quantitative estimate of drug-likeness (QED) is 0.769. The Kier molecular flexibility index (Phi) is 6.01. The maximum atomic E-state index is 12.4. The van der Waals surface area contributed by atoms with Gasteiger partial charge in [0, 0.05) is 7.05 Å². The molecule has 2 aromatic rings. The fourth-order valence-electron chi connectivity index (χ4n) is 3.36. The average molecular weight is 385 g/mol. The van der Waals surface area contributed by atoms with E-state index in [1.165, 1.54) is 11.8 Å². The zero-order valence-electron chi connectivity index (χ0n) is 15.6. The Morgan fingerprint density at radius 1 is 1.33 bits per heavy atom. The zero-order chi connectivity index (χ0) is 19.3. The number of hydrogen-bond donors (Lipinski definition) is 1. The number of benzene rings is 1. The Morgan fingerprint density at radius 2 is 2.07 bits per heavy atom. The molecule has 1 amide bonds. The summed E-state index contributed by atoms with van der Waals surface area (Å²) in [6, 6.07) is 9.91. The van der Waals surface area contributed by atoms with Crippen LogP contribution in [-0.2, 0) is 11.8 Å². The monoisotopic (exact) mass is 385 g/mol. The molecule has 7 nitrogen and oxygen atoms in total. The second-order valence-electron chi connectivity index (χ2n) is 6.66. The molecule has 1 aromatic carbocycles. The molecule has 0 aliphatic heterocycles. The van der Waals surface area contributed by atoms with Crippen LogP contribution in [0.1, 0.15) is 32.1 Å². The molecule has 3 rings (SSSR count). The number of thioether (sulfide) groups is 1. The topological polar surface area (TPSA) is 92.8 Å². The molecule has 142 valence electrons. The van der Waals surface area contributed by atoms with Crippen LogP contribution >= 0.6 is 11.8 Å². The summed E-state index contributed by atoms with van der Waals surface area (Å²) in [5.41, 5.74) is 0.134. The lowest BCUT2D eigenvalue weighted by Gasteiger charge is -2.31. The summed E-state index contributed by atoms with van der Waals surface area (Å²) < 4.78 is 7.23. The predicted molar refractivity (Wildman–Crippen MR) is 103 cm³/mol. The molecule has 8 heteroatoms. The van der Waals surface area contributed by atoms with Crippen LogP contribution in [0.4, 0.5) is 0 Å². The van der Waals surface area contributed by atoms with Gasteiger partial charge in [0.2, 0.25) is 5.91 Å². The molecule has 27 heavy (non-hydrogen) atoms. The first-order chi connectivity index (χ1) is 13.1. The molecule has 0 atom stereocenters. The third-order valence-electron chi connectivity index (χ3n) is 4.81. The average Bonchev–Trinajstić information content (AvgIpc) is 3.07. The van der Waals surface area contributed by atoms with Crippen LogP contribution in [0.2, 0.25) is 0 Å². The number of aromatic nitrogens is 3. The largest absolute Gasteiger partial charge is 0.496 e. The van der Waals surface area contributed by atoms with Crippen molar-refractivity contribution in [3.63, 3.8) is 0 Å². The molecule has 1 aromatic heterocycles. The molecule has 1 N–H and O–H groups in total. The van der Waals surface area contributed by atoms with Crippen LogP contribution in [0, 0.1) is 11.3 Å². The Hall–Kier alpha value is -2.53. The van der Waals surface area contributed by atoms with Gasteiger partial charge in [-0.05, 0) is 25.0 Å². The number of nitrogens with one attached hydrogen (secondary N) is 1. The van der Waals surface area contributed by atoms with Gasteiger partial charge >= 0.3 is 0 Å². The third kappa shape index (κ3) is 4.25. The van der Waals surface area contributed by atoms with Gasteiger partial charge in [0.1, 0.15) is 11.3 Å². The molecule has 0 unspecified atom stereocenters. The van der Waals surface area contributed by atoms with E-state index in [2.05, 4.69) is 21.6 Å². The lowest BCUT2D eigenvalue weighted by Crippen LogP contribution is -2.49. The van der Waals surface area contributed by atoms with Gasteiger partial charge in [-0.25, -0.2) is 0 Å². The number of nitriles is 1. The molecule has 1 heterocycles. The highest BCUT2D eigenvalue weighted by atomic mass is 32.2. The van der Waals surface area contributed by atoms with Crippen LogP contribution in [0.5, 0.6) is 5.75 Å². The Bertz CT molecular complexity index is 852. The molecule has 1 aliphatic carbocycles. The second-order valence-corrected chi connectivity index (χ2v) is 7.60. The summed E-state index contributed by atoms with van der Waals surface area (Å²) >= 11 is 1.31. The molecular formula is C19H23N5O2S. The second kappa shape index (κ2) is 8.44. The van der Waals surface area contributed by atoms with E-state index in [4.69, 9.17) is 4.74 Å².